The number of aromatic amines is 1. The number of rotatable bonds is 8. The largest absolute Gasteiger partial charge is 0.481 e. The summed E-state index contributed by atoms with van der Waals surface area (Å²) in [5.41, 5.74) is -1.64. The standard InChI is InChI=1S/C9H15N2O14P3/c12-7-1-2-11(9(13)10-7)8-3-5(6(23-8)4-22-26(14,15)16)24-28(20,21)25-27(17,18)19/h1-2,5-6,8H,3-4H2,(H,20,21)(H,10,12,13)(H2,14,15,16)(H2,17,18,19)/t5-,6+,8+/m0/s1. The smallest absolute Gasteiger partial charge is 0.349 e. The van der Waals surface area contributed by atoms with E-state index >= 15 is 0 Å². The Bertz CT molecular complexity index is 959. The van der Waals surface area contributed by atoms with E-state index < -0.39 is 66.2 Å². The molecule has 1 aliphatic rings. The minimum absolute atomic E-state index is 0.407. The lowest BCUT2D eigenvalue weighted by atomic mass is 10.2. The molecule has 0 bridgehead atoms. The van der Waals surface area contributed by atoms with E-state index in [0.29, 0.717) is 0 Å². The molecule has 6 N–H and O–H groups in total. The van der Waals surface area contributed by atoms with Gasteiger partial charge in [-0.05, 0) is 0 Å². The molecule has 0 saturated carbocycles. The predicted octanol–water partition coefficient (Wildman–Crippen LogP) is -1.47. The molecule has 0 aromatic carbocycles. The first-order valence-electron chi connectivity index (χ1n) is 7.10. The molecule has 0 radical (unpaired) electrons. The van der Waals surface area contributed by atoms with Crippen molar-refractivity contribution in [2.45, 2.75) is 24.9 Å². The summed E-state index contributed by atoms with van der Waals surface area (Å²) in [5, 5.41) is 0. The van der Waals surface area contributed by atoms with Crippen LogP contribution in [-0.4, -0.2) is 52.8 Å². The maximum Gasteiger partial charge on any atom is 0.481 e. The zero-order chi connectivity index (χ0) is 21.3. The minimum atomic E-state index is -5.42. The van der Waals surface area contributed by atoms with Crippen LogP contribution in [0.5, 0.6) is 0 Å². The van der Waals surface area contributed by atoms with Crippen LogP contribution in [0, 0.1) is 0 Å². The van der Waals surface area contributed by atoms with Gasteiger partial charge in [-0.25, -0.2) is 18.5 Å². The van der Waals surface area contributed by atoms with E-state index in [2.05, 4.69) is 13.4 Å². The summed E-state index contributed by atoms with van der Waals surface area (Å²) in [5.74, 6) is 0. The van der Waals surface area contributed by atoms with Crippen molar-refractivity contribution in [3.63, 3.8) is 0 Å². The fourth-order valence-corrected chi connectivity index (χ4v) is 4.42. The molecule has 28 heavy (non-hydrogen) atoms. The monoisotopic (exact) mass is 468 g/mol. The number of phosphoric acid groups is 3. The van der Waals surface area contributed by atoms with Gasteiger partial charge < -0.3 is 29.2 Å². The lowest BCUT2D eigenvalue weighted by Crippen LogP contribution is -2.31. The Labute approximate surface area is 154 Å². The second kappa shape index (κ2) is 8.40. The number of phosphoric ester groups is 2. The predicted molar refractivity (Wildman–Crippen MR) is 85.7 cm³/mol. The number of hydrogen-bond donors (Lipinski definition) is 6. The number of ether oxygens (including phenoxy) is 1. The molecule has 2 rings (SSSR count). The van der Waals surface area contributed by atoms with Crippen molar-refractivity contribution >= 4 is 23.5 Å². The summed E-state index contributed by atoms with van der Waals surface area (Å²) in [4.78, 5) is 69.1. The molecule has 19 heteroatoms. The van der Waals surface area contributed by atoms with E-state index in [1.165, 1.54) is 0 Å². The Morgan fingerprint density at radius 1 is 1.14 bits per heavy atom. The van der Waals surface area contributed by atoms with Crippen LogP contribution in [0.2, 0.25) is 0 Å². The fraction of sp³-hybridized carbons (Fsp3) is 0.556. The maximum atomic E-state index is 11.8. The number of aromatic nitrogens is 2. The van der Waals surface area contributed by atoms with Gasteiger partial charge in [-0.15, -0.1) is 0 Å². The van der Waals surface area contributed by atoms with E-state index in [9.17, 15) is 28.2 Å². The van der Waals surface area contributed by atoms with Crippen molar-refractivity contribution in [1.29, 1.82) is 0 Å². The van der Waals surface area contributed by atoms with Crippen molar-refractivity contribution in [3.05, 3.63) is 33.1 Å². The highest BCUT2D eigenvalue weighted by molar-refractivity contribution is 7.60. The number of nitrogens with zero attached hydrogens (tertiary/aromatic N) is 1. The summed E-state index contributed by atoms with van der Waals surface area (Å²) in [6, 6.07) is 0.966. The molecule has 4 atom stereocenters. The third-order valence-electron chi connectivity index (χ3n) is 3.23. The SMILES string of the molecule is O=c1ccn([C@H]2C[C@H](OP(=O)(O)OP(=O)(O)O)[C@@H](COP(=O)(O)O)O2)c(=O)[nH]1. The Balaban J connectivity index is 2.24. The lowest BCUT2D eigenvalue weighted by molar-refractivity contribution is -0.0443. The summed E-state index contributed by atoms with van der Waals surface area (Å²) < 4.78 is 52.0. The molecule has 1 unspecified atom stereocenters. The van der Waals surface area contributed by atoms with E-state index in [1.54, 1.807) is 0 Å². The third kappa shape index (κ3) is 7.12. The average molecular weight is 468 g/mol. The van der Waals surface area contributed by atoms with Crippen LogP contribution in [0.25, 0.3) is 0 Å². The summed E-state index contributed by atoms with van der Waals surface area (Å²) in [6.45, 7) is -0.876. The molecule has 1 aliphatic heterocycles. The second-order valence-corrected chi connectivity index (χ2v) is 9.37. The molecule has 0 spiro atoms. The Hall–Kier alpha value is -0.990. The van der Waals surface area contributed by atoms with Gasteiger partial charge in [-0.3, -0.25) is 23.4 Å². The highest BCUT2D eigenvalue weighted by atomic mass is 31.3. The number of hydrogen-bond acceptors (Lipinski definition) is 9. The normalized spacial score (nSPS) is 25.5. The Morgan fingerprint density at radius 2 is 1.79 bits per heavy atom. The first-order chi connectivity index (χ1) is 12.7. The zero-order valence-electron chi connectivity index (χ0n) is 13.5. The van der Waals surface area contributed by atoms with Gasteiger partial charge in [0.25, 0.3) is 5.56 Å². The van der Waals surface area contributed by atoms with E-state index in [-0.39, 0.29) is 0 Å². The molecule has 160 valence electrons. The van der Waals surface area contributed by atoms with Gasteiger partial charge in [0.05, 0.1) is 6.61 Å². The van der Waals surface area contributed by atoms with Crippen molar-refractivity contribution in [3.8, 4) is 0 Å². The van der Waals surface area contributed by atoms with Crippen molar-refractivity contribution in [2.75, 3.05) is 6.61 Å². The van der Waals surface area contributed by atoms with Crippen LogP contribution in [0.4, 0.5) is 0 Å². The summed E-state index contributed by atoms with van der Waals surface area (Å²) in [7, 11) is -15.7. The molecule has 0 aliphatic carbocycles. The summed E-state index contributed by atoms with van der Waals surface area (Å²) >= 11 is 0. The van der Waals surface area contributed by atoms with Gasteiger partial charge in [0.1, 0.15) is 18.4 Å². The molecule has 1 saturated heterocycles. The maximum absolute atomic E-state index is 11.8. The van der Waals surface area contributed by atoms with Gasteiger partial charge in [-0.1, -0.05) is 0 Å². The molecule has 1 aromatic heterocycles. The fourth-order valence-electron chi connectivity index (χ4n) is 2.28. The zero-order valence-corrected chi connectivity index (χ0v) is 16.2. The Kier molecular flexibility index (Phi) is 6.99. The van der Waals surface area contributed by atoms with E-state index in [1.807, 2.05) is 4.98 Å². The quantitative estimate of drug-likeness (QED) is 0.239. The van der Waals surface area contributed by atoms with E-state index in [0.717, 1.165) is 16.8 Å². The molecule has 1 fully saturated rings. The van der Waals surface area contributed by atoms with Gasteiger partial charge >= 0.3 is 29.2 Å². The first-order valence-corrected chi connectivity index (χ1v) is 11.7. The van der Waals surface area contributed by atoms with Crippen LogP contribution in [0.3, 0.4) is 0 Å². The average Bonchev–Trinajstić information content (AvgIpc) is 2.83. The first kappa shape index (κ1) is 23.3. The van der Waals surface area contributed by atoms with Gasteiger partial charge in [0.2, 0.25) is 0 Å². The summed E-state index contributed by atoms with van der Waals surface area (Å²) in [6.07, 6.45) is -3.62. The van der Waals surface area contributed by atoms with Crippen LogP contribution in [-0.2, 0) is 31.8 Å². The molecule has 1 aromatic rings. The van der Waals surface area contributed by atoms with E-state index in [4.69, 9.17) is 24.3 Å². The second-order valence-electron chi connectivity index (χ2n) is 5.35. The molecule has 16 nitrogen and oxygen atoms in total. The van der Waals surface area contributed by atoms with Crippen LogP contribution >= 0.6 is 23.5 Å². The number of H-pyrrole nitrogens is 1. The molecular weight excluding hydrogens is 453 g/mol. The van der Waals surface area contributed by atoms with Gasteiger partial charge in [0.15, 0.2) is 0 Å². The molecule has 0 amide bonds. The van der Waals surface area contributed by atoms with Crippen LogP contribution in [0.1, 0.15) is 12.6 Å². The van der Waals surface area contributed by atoms with Crippen molar-refractivity contribution in [2.24, 2.45) is 0 Å². The topological polar surface area (TPSA) is 244 Å². The minimum Gasteiger partial charge on any atom is -0.349 e. The van der Waals surface area contributed by atoms with Crippen molar-refractivity contribution in [1.82, 2.24) is 9.55 Å². The Morgan fingerprint density at radius 3 is 2.32 bits per heavy atom. The van der Waals surface area contributed by atoms with Gasteiger partial charge in [-0.2, -0.15) is 4.31 Å². The van der Waals surface area contributed by atoms with Crippen LogP contribution < -0.4 is 11.2 Å². The van der Waals surface area contributed by atoms with Gasteiger partial charge in [0, 0.05) is 18.7 Å². The highest BCUT2D eigenvalue weighted by Gasteiger charge is 2.44. The van der Waals surface area contributed by atoms with Crippen LogP contribution in [0.15, 0.2) is 21.9 Å². The van der Waals surface area contributed by atoms with Crippen molar-refractivity contribution < 1.29 is 56.3 Å². The lowest BCUT2D eigenvalue weighted by Gasteiger charge is -2.21. The third-order valence-corrected chi connectivity index (χ3v) is 5.93. The highest BCUT2D eigenvalue weighted by Crippen LogP contribution is 2.59. The molecular formula is C9H15N2O14P3. The number of nitrogens with one attached hydrogen (secondary N) is 1. The molecule has 2 heterocycles.